The molecule has 1 saturated heterocycles. The van der Waals surface area contributed by atoms with E-state index >= 15 is 0 Å². The molecule has 0 bridgehead atoms. The number of halogens is 3. The molecule has 2 N–H and O–H groups in total. The van der Waals surface area contributed by atoms with E-state index in [1.165, 1.54) is 12.1 Å². The zero-order valence-electron chi connectivity index (χ0n) is 19.2. The van der Waals surface area contributed by atoms with Gasteiger partial charge in [-0.15, -0.1) is 0 Å². The van der Waals surface area contributed by atoms with Gasteiger partial charge in [-0.25, -0.2) is 4.79 Å². The van der Waals surface area contributed by atoms with Crippen molar-refractivity contribution in [2.75, 3.05) is 31.5 Å². The maximum Gasteiger partial charge on any atom is 0.416 e. The van der Waals surface area contributed by atoms with Gasteiger partial charge in [-0.3, -0.25) is 4.79 Å². The van der Waals surface area contributed by atoms with Crippen molar-refractivity contribution in [3.05, 3.63) is 29.8 Å². The molecule has 3 amide bonds. The van der Waals surface area contributed by atoms with E-state index < -0.39 is 17.8 Å². The Morgan fingerprint density at radius 2 is 1.91 bits per heavy atom. The van der Waals surface area contributed by atoms with Gasteiger partial charge < -0.3 is 20.4 Å². The van der Waals surface area contributed by atoms with Crippen LogP contribution in [0.25, 0.3) is 0 Å². The van der Waals surface area contributed by atoms with Crippen molar-refractivity contribution >= 4 is 17.6 Å². The second-order valence-electron chi connectivity index (χ2n) is 8.31. The van der Waals surface area contributed by atoms with Gasteiger partial charge in [0.05, 0.1) is 5.56 Å². The Balaban J connectivity index is 2.07. The Bertz CT molecular complexity index is 749. The van der Waals surface area contributed by atoms with Crippen LogP contribution in [0.1, 0.15) is 58.4 Å². The van der Waals surface area contributed by atoms with E-state index in [1.807, 2.05) is 0 Å². The highest BCUT2D eigenvalue weighted by atomic mass is 19.4. The van der Waals surface area contributed by atoms with Crippen molar-refractivity contribution < 1.29 is 22.8 Å². The molecular weight excluding hydrogens is 421 g/mol. The molecule has 9 heteroatoms. The highest BCUT2D eigenvalue weighted by Crippen LogP contribution is 2.31. The van der Waals surface area contributed by atoms with Gasteiger partial charge in [0.1, 0.15) is 0 Å². The summed E-state index contributed by atoms with van der Waals surface area (Å²) < 4.78 is 39.1. The smallest absolute Gasteiger partial charge is 0.354 e. The summed E-state index contributed by atoms with van der Waals surface area (Å²) in [4.78, 5) is 28.7. The van der Waals surface area contributed by atoms with Crippen LogP contribution in [0.2, 0.25) is 0 Å². The van der Waals surface area contributed by atoms with E-state index in [1.54, 1.807) is 11.8 Å². The Morgan fingerprint density at radius 1 is 1.22 bits per heavy atom. The van der Waals surface area contributed by atoms with E-state index in [9.17, 15) is 22.8 Å². The molecule has 180 valence electrons. The van der Waals surface area contributed by atoms with Gasteiger partial charge in [0.25, 0.3) is 0 Å². The first kappa shape index (κ1) is 26.0. The molecule has 0 radical (unpaired) electrons. The van der Waals surface area contributed by atoms with E-state index in [-0.39, 0.29) is 17.6 Å². The Hall–Kier alpha value is -2.29. The third-order valence-electron chi connectivity index (χ3n) is 5.97. The van der Waals surface area contributed by atoms with Crippen molar-refractivity contribution in [1.82, 2.24) is 15.1 Å². The van der Waals surface area contributed by atoms with Gasteiger partial charge in [0.15, 0.2) is 0 Å². The summed E-state index contributed by atoms with van der Waals surface area (Å²) in [6.45, 7) is 8.44. The predicted octanol–water partition coefficient (Wildman–Crippen LogP) is 4.72. The molecule has 1 aromatic carbocycles. The van der Waals surface area contributed by atoms with Crippen LogP contribution >= 0.6 is 0 Å². The summed E-state index contributed by atoms with van der Waals surface area (Å²) >= 11 is 0. The lowest BCUT2D eigenvalue weighted by molar-refractivity contribution is -0.137. The number of benzene rings is 1. The molecule has 1 unspecified atom stereocenters. The van der Waals surface area contributed by atoms with Crippen LogP contribution in [0, 0.1) is 0 Å². The number of likely N-dealkylation sites (tertiary alicyclic amines) is 1. The lowest BCUT2D eigenvalue weighted by Crippen LogP contribution is -2.52. The van der Waals surface area contributed by atoms with Crippen LogP contribution < -0.4 is 10.6 Å². The average Bonchev–Trinajstić information content (AvgIpc) is 2.76. The van der Waals surface area contributed by atoms with E-state index in [4.69, 9.17) is 0 Å². The fraction of sp³-hybridized carbons (Fsp3) is 0.652. The third-order valence-corrected chi connectivity index (χ3v) is 5.97. The molecule has 2 rings (SSSR count). The number of rotatable bonds is 9. The van der Waals surface area contributed by atoms with Gasteiger partial charge >= 0.3 is 12.2 Å². The topological polar surface area (TPSA) is 64.7 Å². The number of alkyl halides is 3. The molecule has 1 atom stereocenters. The maximum atomic E-state index is 13.0. The number of nitrogens with one attached hydrogen (secondary N) is 2. The van der Waals surface area contributed by atoms with Crippen LogP contribution in [-0.2, 0) is 11.0 Å². The number of carbonyl (C=O) groups excluding carboxylic acids is 2. The van der Waals surface area contributed by atoms with Crippen molar-refractivity contribution in [2.24, 2.45) is 0 Å². The molecule has 1 heterocycles. The molecule has 0 aromatic heterocycles. The lowest BCUT2D eigenvalue weighted by Gasteiger charge is -2.40. The third kappa shape index (κ3) is 7.69. The maximum absolute atomic E-state index is 13.0. The van der Waals surface area contributed by atoms with Crippen molar-refractivity contribution in [3.63, 3.8) is 0 Å². The summed E-state index contributed by atoms with van der Waals surface area (Å²) in [7, 11) is 0. The largest absolute Gasteiger partial charge is 0.416 e. The number of urea groups is 1. The average molecular weight is 457 g/mol. The van der Waals surface area contributed by atoms with E-state index in [0.717, 1.165) is 50.9 Å². The first-order valence-corrected chi connectivity index (χ1v) is 11.4. The number of hydrogen-bond donors (Lipinski definition) is 2. The summed E-state index contributed by atoms with van der Waals surface area (Å²) in [5.41, 5.74) is -0.711. The monoisotopic (exact) mass is 456 g/mol. The van der Waals surface area contributed by atoms with Crippen LogP contribution in [0.5, 0.6) is 0 Å². The first-order valence-electron chi connectivity index (χ1n) is 11.4. The van der Waals surface area contributed by atoms with Crippen molar-refractivity contribution in [3.8, 4) is 0 Å². The van der Waals surface area contributed by atoms with Gasteiger partial charge in [0, 0.05) is 50.4 Å². The Morgan fingerprint density at radius 3 is 2.50 bits per heavy atom. The van der Waals surface area contributed by atoms with Gasteiger partial charge in [0.2, 0.25) is 5.91 Å². The minimum atomic E-state index is -4.48. The molecule has 6 nitrogen and oxygen atoms in total. The number of piperidine rings is 1. The van der Waals surface area contributed by atoms with Gasteiger partial charge in [-0.05, 0) is 44.4 Å². The minimum absolute atomic E-state index is 0.0376. The standard InChI is InChI=1S/C23H35F3N4O2/c1-4-7-17(3)29-13-10-20(11-14-29)30(15-12-27-21(31)5-2)22(32)28-19-9-6-8-18(16-19)23(24,25)26/h6,8-9,16-17,20H,4-5,7,10-15H2,1-3H3,(H,27,31)(H,28,32). The molecule has 0 spiro atoms. The quantitative estimate of drug-likeness (QED) is 0.565. The lowest BCUT2D eigenvalue weighted by atomic mass is 10.0. The molecule has 1 aliphatic rings. The minimum Gasteiger partial charge on any atom is -0.354 e. The van der Waals surface area contributed by atoms with Crippen LogP contribution in [0.3, 0.4) is 0 Å². The molecule has 0 aliphatic carbocycles. The highest BCUT2D eigenvalue weighted by molar-refractivity contribution is 5.89. The van der Waals surface area contributed by atoms with Crippen molar-refractivity contribution in [1.29, 1.82) is 0 Å². The normalized spacial score (nSPS) is 16.4. The highest BCUT2D eigenvalue weighted by Gasteiger charge is 2.32. The van der Waals surface area contributed by atoms with E-state index in [0.29, 0.717) is 25.6 Å². The second-order valence-corrected chi connectivity index (χ2v) is 8.31. The van der Waals surface area contributed by atoms with Gasteiger partial charge in [-0.2, -0.15) is 13.2 Å². The molecule has 32 heavy (non-hydrogen) atoms. The fourth-order valence-corrected chi connectivity index (χ4v) is 4.10. The summed E-state index contributed by atoms with van der Waals surface area (Å²) in [6, 6.07) is 4.62. The summed E-state index contributed by atoms with van der Waals surface area (Å²) in [6.07, 6.45) is -0.328. The molecule has 1 fully saturated rings. The molecule has 0 saturated carbocycles. The first-order chi connectivity index (χ1) is 15.2. The number of hydrogen-bond acceptors (Lipinski definition) is 3. The van der Waals surface area contributed by atoms with Crippen LogP contribution in [0.4, 0.5) is 23.7 Å². The number of nitrogens with zero attached hydrogens (tertiary/aromatic N) is 2. The van der Waals surface area contributed by atoms with Crippen LogP contribution in [0.15, 0.2) is 24.3 Å². The second kappa shape index (κ2) is 12.1. The molecule has 1 aliphatic heterocycles. The molecule has 1 aromatic rings. The molecular formula is C23H35F3N4O2. The summed E-state index contributed by atoms with van der Waals surface area (Å²) in [5, 5.41) is 5.39. The zero-order valence-corrected chi connectivity index (χ0v) is 19.2. The SMILES string of the molecule is CCCC(C)N1CCC(N(CCNC(=O)CC)C(=O)Nc2cccc(C(F)(F)F)c2)CC1. The summed E-state index contributed by atoms with van der Waals surface area (Å²) in [5.74, 6) is -0.105. The van der Waals surface area contributed by atoms with Crippen molar-refractivity contribution in [2.45, 2.75) is 71.1 Å². The van der Waals surface area contributed by atoms with Crippen LogP contribution in [-0.4, -0.2) is 60.0 Å². The van der Waals surface area contributed by atoms with E-state index in [2.05, 4.69) is 29.4 Å². The number of anilines is 1. The number of amides is 3. The van der Waals surface area contributed by atoms with Gasteiger partial charge in [-0.1, -0.05) is 26.3 Å². The predicted molar refractivity (Wildman–Crippen MR) is 119 cm³/mol. The zero-order chi connectivity index (χ0) is 23.7. The number of carbonyl (C=O) groups is 2. The Kier molecular flexibility index (Phi) is 9.81. The fourth-order valence-electron chi connectivity index (χ4n) is 4.10. The Labute approximate surface area is 188 Å².